The summed E-state index contributed by atoms with van der Waals surface area (Å²) in [5.74, 6) is -0.240. The summed E-state index contributed by atoms with van der Waals surface area (Å²) in [7, 11) is 0. The van der Waals surface area contributed by atoms with E-state index in [-0.39, 0.29) is 5.82 Å². The van der Waals surface area contributed by atoms with Gasteiger partial charge in [0.05, 0.1) is 5.57 Å². The summed E-state index contributed by atoms with van der Waals surface area (Å²) in [4.78, 5) is 4.27. The van der Waals surface area contributed by atoms with Crippen molar-refractivity contribution in [3.63, 3.8) is 0 Å². The van der Waals surface area contributed by atoms with Gasteiger partial charge in [-0.2, -0.15) is 5.26 Å². The van der Waals surface area contributed by atoms with Crippen LogP contribution in [0.5, 0.6) is 0 Å². The SMILES string of the molecule is Cc1csc(C(C#N)=Cc2ccc(F)c(C)c2)n1. The first-order chi connectivity index (χ1) is 8.60. The molecule has 0 radical (unpaired) electrons. The third-order valence-corrected chi connectivity index (χ3v) is 3.46. The molecule has 0 N–H and O–H groups in total. The van der Waals surface area contributed by atoms with Crippen LogP contribution in [0.3, 0.4) is 0 Å². The second kappa shape index (κ2) is 5.11. The molecule has 1 aromatic carbocycles. The van der Waals surface area contributed by atoms with E-state index in [1.807, 2.05) is 12.3 Å². The van der Waals surface area contributed by atoms with E-state index in [0.29, 0.717) is 16.1 Å². The van der Waals surface area contributed by atoms with E-state index >= 15 is 0 Å². The first-order valence-electron chi connectivity index (χ1n) is 5.40. The van der Waals surface area contributed by atoms with Crippen LogP contribution in [-0.2, 0) is 0 Å². The van der Waals surface area contributed by atoms with E-state index in [0.717, 1.165) is 11.3 Å². The zero-order valence-electron chi connectivity index (χ0n) is 10.1. The molecule has 4 heteroatoms. The summed E-state index contributed by atoms with van der Waals surface area (Å²) < 4.78 is 13.1. The van der Waals surface area contributed by atoms with Gasteiger partial charge in [-0.1, -0.05) is 6.07 Å². The lowest BCUT2D eigenvalue weighted by Crippen LogP contribution is -1.85. The number of allylic oxidation sites excluding steroid dienone is 1. The molecule has 0 atom stereocenters. The molecule has 0 saturated heterocycles. The maximum absolute atomic E-state index is 13.1. The number of aromatic nitrogens is 1. The van der Waals surface area contributed by atoms with E-state index in [4.69, 9.17) is 5.26 Å². The predicted molar refractivity (Wildman–Crippen MR) is 71.5 cm³/mol. The van der Waals surface area contributed by atoms with Crippen LogP contribution in [0.2, 0.25) is 0 Å². The maximum Gasteiger partial charge on any atom is 0.134 e. The van der Waals surface area contributed by atoms with Crippen molar-refractivity contribution < 1.29 is 4.39 Å². The second-order valence-electron chi connectivity index (χ2n) is 3.97. The predicted octanol–water partition coefficient (Wildman–Crippen LogP) is 3.96. The zero-order chi connectivity index (χ0) is 13.1. The van der Waals surface area contributed by atoms with Gasteiger partial charge in [-0.3, -0.25) is 0 Å². The smallest absolute Gasteiger partial charge is 0.134 e. The Hall–Kier alpha value is -1.99. The monoisotopic (exact) mass is 258 g/mol. The Morgan fingerprint density at radius 3 is 2.78 bits per heavy atom. The van der Waals surface area contributed by atoms with Crippen LogP contribution in [0, 0.1) is 31.0 Å². The fourth-order valence-corrected chi connectivity index (χ4v) is 2.31. The summed E-state index contributed by atoms with van der Waals surface area (Å²) in [6.07, 6.45) is 1.73. The molecule has 0 aliphatic heterocycles. The number of nitriles is 1. The summed E-state index contributed by atoms with van der Waals surface area (Å²) in [5.41, 5.74) is 2.76. The van der Waals surface area contributed by atoms with Gasteiger partial charge in [0.2, 0.25) is 0 Å². The average molecular weight is 258 g/mol. The van der Waals surface area contributed by atoms with Gasteiger partial charge >= 0.3 is 0 Å². The molecule has 18 heavy (non-hydrogen) atoms. The van der Waals surface area contributed by atoms with Crippen LogP contribution >= 0.6 is 11.3 Å². The minimum atomic E-state index is -0.240. The highest BCUT2D eigenvalue weighted by Gasteiger charge is 2.06. The number of hydrogen-bond acceptors (Lipinski definition) is 3. The molecule has 0 unspecified atom stereocenters. The van der Waals surface area contributed by atoms with Gasteiger partial charge in [0.15, 0.2) is 0 Å². The number of rotatable bonds is 2. The molecule has 0 spiro atoms. The van der Waals surface area contributed by atoms with Gasteiger partial charge in [0, 0.05) is 11.1 Å². The van der Waals surface area contributed by atoms with Crippen molar-refractivity contribution in [2.24, 2.45) is 0 Å². The third kappa shape index (κ3) is 2.63. The Bertz CT molecular complexity index is 650. The average Bonchev–Trinajstić information content (AvgIpc) is 2.77. The third-order valence-electron chi connectivity index (χ3n) is 2.46. The van der Waals surface area contributed by atoms with Crippen LogP contribution in [0.25, 0.3) is 11.6 Å². The molecule has 0 bridgehead atoms. The second-order valence-corrected chi connectivity index (χ2v) is 4.83. The molecule has 1 heterocycles. The standard InChI is InChI=1S/C14H11FN2S/c1-9-5-11(3-4-13(9)15)6-12(7-16)14-17-10(2)8-18-14/h3-6,8H,1-2H3. The minimum Gasteiger partial charge on any atom is -0.241 e. The fraction of sp³-hybridized carbons (Fsp3) is 0.143. The van der Waals surface area contributed by atoms with Crippen LogP contribution in [-0.4, -0.2) is 4.98 Å². The first-order valence-corrected chi connectivity index (χ1v) is 6.28. The number of hydrogen-bond donors (Lipinski definition) is 0. The molecule has 2 nitrogen and oxygen atoms in total. The molecule has 2 aromatic rings. The number of aryl methyl sites for hydroxylation is 2. The molecular formula is C14H11FN2S. The molecule has 2 rings (SSSR count). The summed E-state index contributed by atoms with van der Waals surface area (Å²) in [5, 5.41) is 11.7. The van der Waals surface area contributed by atoms with Crippen LogP contribution in [0.4, 0.5) is 4.39 Å². The van der Waals surface area contributed by atoms with Gasteiger partial charge in [0.1, 0.15) is 16.9 Å². The topological polar surface area (TPSA) is 36.7 Å². The van der Waals surface area contributed by atoms with E-state index in [2.05, 4.69) is 11.1 Å². The first kappa shape index (κ1) is 12.5. The lowest BCUT2D eigenvalue weighted by Gasteiger charge is -1.99. The van der Waals surface area contributed by atoms with Gasteiger partial charge in [-0.15, -0.1) is 11.3 Å². The van der Waals surface area contributed by atoms with Crippen LogP contribution in [0.1, 0.15) is 21.8 Å². The van der Waals surface area contributed by atoms with Crippen molar-refractivity contribution in [2.45, 2.75) is 13.8 Å². The highest BCUT2D eigenvalue weighted by Crippen LogP contribution is 2.22. The van der Waals surface area contributed by atoms with Crippen molar-refractivity contribution in [3.05, 3.63) is 51.2 Å². The van der Waals surface area contributed by atoms with Crippen LogP contribution < -0.4 is 0 Å². The number of nitrogens with zero attached hydrogens (tertiary/aromatic N) is 2. The van der Waals surface area contributed by atoms with Gasteiger partial charge in [-0.05, 0) is 43.2 Å². The Balaban J connectivity index is 2.41. The highest BCUT2D eigenvalue weighted by atomic mass is 32.1. The Morgan fingerprint density at radius 1 is 1.44 bits per heavy atom. The molecule has 0 amide bonds. The largest absolute Gasteiger partial charge is 0.241 e. The van der Waals surface area contributed by atoms with E-state index in [1.54, 1.807) is 25.1 Å². The molecule has 1 aromatic heterocycles. The number of thiazole rings is 1. The lowest BCUT2D eigenvalue weighted by atomic mass is 10.1. The van der Waals surface area contributed by atoms with Gasteiger partial charge in [0.25, 0.3) is 0 Å². The fourth-order valence-electron chi connectivity index (χ4n) is 1.54. The summed E-state index contributed by atoms with van der Waals surface area (Å²) in [6.45, 7) is 3.59. The summed E-state index contributed by atoms with van der Waals surface area (Å²) in [6, 6.07) is 6.90. The van der Waals surface area contributed by atoms with Crippen molar-refractivity contribution in [2.75, 3.05) is 0 Å². The Kier molecular flexibility index (Phi) is 3.54. The Labute approximate surface area is 109 Å². The molecule has 0 aliphatic rings. The summed E-state index contributed by atoms with van der Waals surface area (Å²) >= 11 is 1.43. The lowest BCUT2D eigenvalue weighted by molar-refractivity contribution is 0.618. The van der Waals surface area contributed by atoms with Gasteiger partial charge < -0.3 is 0 Å². The van der Waals surface area contributed by atoms with Crippen molar-refractivity contribution in [3.8, 4) is 6.07 Å². The molecular weight excluding hydrogens is 247 g/mol. The number of halogens is 1. The maximum atomic E-state index is 13.1. The normalized spacial score (nSPS) is 11.3. The van der Waals surface area contributed by atoms with E-state index in [1.165, 1.54) is 17.4 Å². The molecule has 0 fully saturated rings. The van der Waals surface area contributed by atoms with Crippen molar-refractivity contribution >= 4 is 23.0 Å². The number of benzene rings is 1. The van der Waals surface area contributed by atoms with Crippen LogP contribution in [0.15, 0.2) is 23.6 Å². The quantitative estimate of drug-likeness (QED) is 0.764. The molecule has 90 valence electrons. The molecule has 0 saturated carbocycles. The van der Waals surface area contributed by atoms with Crippen molar-refractivity contribution in [1.82, 2.24) is 4.98 Å². The highest BCUT2D eigenvalue weighted by molar-refractivity contribution is 7.11. The van der Waals surface area contributed by atoms with E-state index in [9.17, 15) is 4.39 Å². The Morgan fingerprint density at radius 2 is 2.22 bits per heavy atom. The zero-order valence-corrected chi connectivity index (χ0v) is 10.9. The van der Waals surface area contributed by atoms with E-state index < -0.39 is 0 Å². The molecule has 0 aliphatic carbocycles. The van der Waals surface area contributed by atoms with Gasteiger partial charge in [-0.25, -0.2) is 9.37 Å². The minimum absolute atomic E-state index is 0.240. The van der Waals surface area contributed by atoms with Crippen molar-refractivity contribution in [1.29, 1.82) is 5.26 Å².